The number of nitrogens with zero attached hydrogens (tertiary/aromatic N) is 1. The van der Waals surface area contributed by atoms with E-state index in [4.69, 9.17) is 0 Å². The smallest absolute Gasteiger partial charge is 0.317 e. The molecule has 1 aromatic rings. The second-order valence-corrected chi connectivity index (χ2v) is 5.21. The summed E-state index contributed by atoms with van der Waals surface area (Å²) in [5.74, 6) is 0. The highest BCUT2D eigenvalue weighted by Crippen LogP contribution is 2.16. The van der Waals surface area contributed by atoms with Crippen LogP contribution in [-0.2, 0) is 6.42 Å². The summed E-state index contributed by atoms with van der Waals surface area (Å²) in [7, 11) is 0. The summed E-state index contributed by atoms with van der Waals surface area (Å²) in [6.45, 7) is 4.93. The zero-order chi connectivity index (χ0) is 10.8. The lowest BCUT2D eigenvalue weighted by atomic mass is 10.2. The average Bonchev–Trinajstić information content (AvgIpc) is 2.75. The fourth-order valence-electron chi connectivity index (χ4n) is 1.86. The number of carbonyl (C=O) groups excluding carboxylic acids is 1. The zero-order valence-electron chi connectivity index (χ0n) is 9.06. The van der Waals surface area contributed by atoms with Crippen LogP contribution < -0.4 is 5.32 Å². The molecule has 0 unspecified atom stereocenters. The van der Waals surface area contributed by atoms with E-state index in [9.17, 15) is 4.79 Å². The van der Waals surface area contributed by atoms with Crippen molar-refractivity contribution in [2.45, 2.75) is 32.4 Å². The van der Waals surface area contributed by atoms with Crippen molar-refractivity contribution >= 4 is 17.4 Å². The molecule has 1 aliphatic heterocycles. The molecular weight excluding hydrogens is 208 g/mol. The third kappa shape index (κ3) is 2.31. The molecule has 0 aliphatic carbocycles. The van der Waals surface area contributed by atoms with Crippen LogP contribution in [-0.4, -0.2) is 29.6 Å². The van der Waals surface area contributed by atoms with E-state index >= 15 is 0 Å². The SMILES string of the molecule is CC(C)N1C[C@@H](Cc2cccs2)NC1=O. The van der Waals surface area contributed by atoms with E-state index in [0.29, 0.717) is 6.04 Å². The van der Waals surface area contributed by atoms with Gasteiger partial charge in [-0.1, -0.05) is 6.07 Å². The first-order chi connectivity index (χ1) is 7.16. The highest BCUT2D eigenvalue weighted by Gasteiger charge is 2.30. The van der Waals surface area contributed by atoms with Crippen LogP contribution in [0.1, 0.15) is 18.7 Å². The Morgan fingerprint density at radius 3 is 3.00 bits per heavy atom. The molecule has 0 radical (unpaired) electrons. The predicted octanol–water partition coefficient (Wildman–Crippen LogP) is 2.09. The number of hydrogen-bond acceptors (Lipinski definition) is 2. The fourth-order valence-corrected chi connectivity index (χ4v) is 2.64. The molecule has 82 valence electrons. The van der Waals surface area contributed by atoms with Crippen molar-refractivity contribution in [2.75, 3.05) is 6.54 Å². The fraction of sp³-hybridized carbons (Fsp3) is 0.545. The Labute approximate surface area is 94.1 Å². The lowest BCUT2D eigenvalue weighted by Crippen LogP contribution is -2.33. The summed E-state index contributed by atoms with van der Waals surface area (Å²) in [6, 6.07) is 4.81. The lowest BCUT2D eigenvalue weighted by Gasteiger charge is -2.18. The molecule has 1 aromatic heterocycles. The molecule has 0 aromatic carbocycles. The monoisotopic (exact) mass is 224 g/mol. The van der Waals surface area contributed by atoms with E-state index in [0.717, 1.165) is 13.0 Å². The summed E-state index contributed by atoms with van der Waals surface area (Å²) < 4.78 is 0. The van der Waals surface area contributed by atoms with Gasteiger partial charge < -0.3 is 10.2 Å². The predicted molar refractivity (Wildman–Crippen MR) is 62.2 cm³/mol. The number of amides is 2. The van der Waals surface area contributed by atoms with Crippen molar-refractivity contribution < 1.29 is 4.79 Å². The quantitative estimate of drug-likeness (QED) is 0.837. The van der Waals surface area contributed by atoms with Crippen LogP contribution >= 0.6 is 11.3 Å². The normalized spacial score (nSPS) is 21.1. The van der Waals surface area contributed by atoms with Crippen molar-refractivity contribution in [1.29, 1.82) is 0 Å². The van der Waals surface area contributed by atoms with E-state index < -0.39 is 0 Å². The summed E-state index contributed by atoms with van der Waals surface area (Å²) >= 11 is 1.75. The molecular formula is C11H16N2OS. The minimum atomic E-state index is 0.0755. The Kier molecular flexibility index (Phi) is 2.95. The highest BCUT2D eigenvalue weighted by atomic mass is 32.1. The molecule has 1 N–H and O–H groups in total. The molecule has 1 aliphatic rings. The minimum Gasteiger partial charge on any atom is -0.333 e. The molecule has 4 heteroatoms. The second-order valence-electron chi connectivity index (χ2n) is 4.18. The van der Waals surface area contributed by atoms with Gasteiger partial charge in [0.05, 0.1) is 6.04 Å². The maximum Gasteiger partial charge on any atom is 0.317 e. The first kappa shape index (κ1) is 10.5. The van der Waals surface area contributed by atoms with Crippen LogP contribution in [0.4, 0.5) is 4.79 Å². The Balaban J connectivity index is 1.95. The lowest BCUT2D eigenvalue weighted by molar-refractivity contribution is 0.206. The summed E-state index contributed by atoms with van der Waals surface area (Å²) in [4.78, 5) is 14.8. The molecule has 15 heavy (non-hydrogen) atoms. The van der Waals surface area contributed by atoms with Gasteiger partial charge in [0.2, 0.25) is 0 Å². The number of nitrogens with one attached hydrogen (secondary N) is 1. The third-order valence-corrected chi connectivity index (χ3v) is 3.56. The van der Waals surface area contributed by atoms with E-state index in [-0.39, 0.29) is 12.1 Å². The molecule has 3 nitrogen and oxygen atoms in total. The molecule has 1 saturated heterocycles. The van der Waals surface area contributed by atoms with E-state index in [1.165, 1.54) is 4.88 Å². The van der Waals surface area contributed by atoms with Gasteiger partial charge in [0, 0.05) is 23.9 Å². The number of rotatable bonds is 3. The van der Waals surface area contributed by atoms with Gasteiger partial charge in [-0.3, -0.25) is 0 Å². The van der Waals surface area contributed by atoms with Crippen LogP contribution in [0.15, 0.2) is 17.5 Å². The van der Waals surface area contributed by atoms with Crippen molar-refractivity contribution in [2.24, 2.45) is 0 Å². The summed E-state index contributed by atoms with van der Waals surface area (Å²) in [6.07, 6.45) is 0.951. The maximum absolute atomic E-state index is 11.6. The molecule has 1 atom stereocenters. The summed E-state index contributed by atoms with van der Waals surface area (Å²) in [5.41, 5.74) is 0. The Hall–Kier alpha value is -1.03. The maximum atomic E-state index is 11.6. The number of carbonyl (C=O) groups is 1. The van der Waals surface area contributed by atoms with Crippen LogP contribution in [0.5, 0.6) is 0 Å². The largest absolute Gasteiger partial charge is 0.333 e. The third-order valence-electron chi connectivity index (χ3n) is 2.66. The first-order valence-electron chi connectivity index (χ1n) is 5.26. The summed E-state index contributed by atoms with van der Waals surface area (Å²) in [5, 5.41) is 5.09. The molecule has 2 heterocycles. The van der Waals surface area contributed by atoms with Crippen LogP contribution in [0.3, 0.4) is 0 Å². The Morgan fingerprint density at radius 1 is 1.67 bits per heavy atom. The van der Waals surface area contributed by atoms with Gasteiger partial charge in [-0.25, -0.2) is 4.79 Å². The van der Waals surface area contributed by atoms with Crippen LogP contribution in [0.25, 0.3) is 0 Å². The minimum absolute atomic E-state index is 0.0755. The van der Waals surface area contributed by atoms with Gasteiger partial charge in [0.15, 0.2) is 0 Å². The van der Waals surface area contributed by atoms with E-state index in [1.807, 2.05) is 18.7 Å². The van der Waals surface area contributed by atoms with Gasteiger partial charge in [-0.05, 0) is 25.3 Å². The van der Waals surface area contributed by atoms with E-state index in [2.05, 4.69) is 22.8 Å². The molecule has 0 bridgehead atoms. The van der Waals surface area contributed by atoms with Crippen molar-refractivity contribution in [3.63, 3.8) is 0 Å². The zero-order valence-corrected chi connectivity index (χ0v) is 9.88. The van der Waals surface area contributed by atoms with Crippen molar-refractivity contribution in [3.8, 4) is 0 Å². The Bertz CT molecular complexity index is 334. The van der Waals surface area contributed by atoms with Gasteiger partial charge in [0.25, 0.3) is 0 Å². The van der Waals surface area contributed by atoms with Crippen LogP contribution in [0, 0.1) is 0 Å². The Morgan fingerprint density at radius 2 is 2.47 bits per heavy atom. The van der Waals surface area contributed by atoms with E-state index in [1.54, 1.807) is 11.3 Å². The van der Waals surface area contributed by atoms with Gasteiger partial charge >= 0.3 is 6.03 Å². The second kappa shape index (κ2) is 4.23. The number of urea groups is 1. The molecule has 2 amide bonds. The van der Waals surface area contributed by atoms with Gasteiger partial charge in [0.1, 0.15) is 0 Å². The standard InChI is InChI=1S/C11H16N2OS/c1-8(2)13-7-9(12-11(13)14)6-10-4-3-5-15-10/h3-5,8-9H,6-7H2,1-2H3,(H,12,14)/t9-/m1/s1. The topological polar surface area (TPSA) is 32.3 Å². The number of hydrogen-bond donors (Lipinski definition) is 1. The molecule has 2 rings (SSSR count). The molecule has 0 saturated carbocycles. The molecule has 1 fully saturated rings. The average molecular weight is 224 g/mol. The van der Waals surface area contributed by atoms with Crippen molar-refractivity contribution in [3.05, 3.63) is 22.4 Å². The van der Waals surface area contributed by atoms with Crippen LogP contribution in [0.2, 0.25) is 0 Å². The molecule has 0 spiro atoms. The van der Waals surface area contributed by atoms with Gasteiger partial charge in [-0.2, -0.15) is 0 Å². The van der Waals surface area contributed by atoms with Crippen molar-refractivity contribution in [1.82, 2.24) is 10.2 Å². The van der Waals surface area contributed by atoms with Gasteiger partial charge in [-0.15, -0.1) is 11.3 Å². The highest BCUT2D eigenvalue weighted by molar-refractivity contribution is 7.09. The first-order valence-corrected chi connectivity index (χ1v) is 6.14. The number of thiophene rings is 1.